The van der Waals surface area contributed by atoms with E-state index in [4.69, 9.17) is 14.5 Å². The molecular formula is C6H14NO3P. The quantitative estimate of drug-likeness (QED) is 0.500. The highest BCUT2D eigenvalue weighted by Crippen LogP contribution is 2.46. The molecule has 0 atom stereocenters. The largest absolute Gasteiger partial charge is 0.335 e. The summed E-state index contributed by atoms with van der Waals surface area (Å²) in [7, 11) is -2.96. The number of nitrogens with one attached hydrogen (secondary N) is 1. The van der Waals surface area contributed by atoms with E-state index in [9.17, 15) is 4.57 Å². The van der Waals surface area contributed by atoms with Gasteiger partial charge in [0.25, 0.3) is 0 Å². The first kappa shape index (κ1) is 10.8. The van der Waals surface area contributed by atoms with E-state index < -0.39 is 7.60 Å². The predicted molar refractivity (Wildman–Crippen MR) is 44.5 cm³/mol. The molecule has 0 aliphatic carbocycles. The third-order valence-electron chi connectivity index (χ3n) is 0.966. The molecule has 66 valence electrons. The summed E-state index contributed by atoms with van der Waals surface area (Å²) < 4.78 is 21.2. The molecule has 5 heteroatoms. The van der Waals surface area contributed by atoms with Crippen LogP contribution in [0.1, 0.15) is 13.8 Å². The van der Waals surface area contributed by atoms with Gasteiger partial charge in [-0.05, 0) is 13.8 Å². The average Bonchev–Trinajstić information content (AvgIpc) is 1.88. The van der Waals surface area contributed by atoms with Crippen molar-refractivity contribution < 1.29 is 13.6 Å². The Morgan fingerprint density at radius 3 is 2.09 bits per heavy atom. The van der Waals surface area contributed by atoms with E-state index in [2.05, 4.69) is 0 Å². The third-order valence-corrected chi connectivity index (χ3v) is 2.90. The summed E-state index contributed by atoms with van der Waals surface area (Å²) in [5, 5.41) is 6.76. The van der Waals surface area contributed by atoms with Crippen LogP contribution in [-0.4, -0.2) is 25.6 Å². The second kappa shape index (κ2) is 5.47. The van der Waals surface area contributed by atoms with E-state index in [1.54, 1.807) is 13.8 Å². The van der Waals surface area contributed by atoms with Gasteiger partial charge in [-0.15, -0.1) is 0 Å². The van der Waals surface area contributed by atoms with E-state index in [1.165, 1.54) is 0 Å². The molecule has 11 heavy (non-hydrogen) atoms. The molecule has 0 aliphatic rings. The van der Waals surface area contributed by atoms with Gasteiger partial charge in [-0.25, -0.2) is 0 Å². The molecule has 0 fully saturated rings. The Balaban J connectivity index is 4.01. The summed E-state index contributed by atoms with van der Waals surface area (Å²) in [5.41, 5.74) is 0. The second-order valence-corrected chi connectivity index (χ2v) is 3.94. The predicted octanol–water partition coefficient (Wildman–Crippen LogP) is 1.90. The van der Waals surface area contributed by atoms with Crippen molar-refractivity contribution in [1.82, 2.24) is 0 Å². The van der Waals surface area contributed by atoms with E-state index in [-0.39, 0.29) is 6.16 Å². The number of hydrogen-bond donors (Lipinski definition) is 1. The second-order valence-electron chi connectivity index (χ2n) is 1.83. The lowest BCUT2D eigenvalue weighted by molar-refractivity contribution is 0.223. The fourth-order valence-electron chi connectivity index (χ4n) is 0.648. The first-order valence-electron chi connectivity index (χ1n) is 3.55. The van der Waals surface area contributed by atoms with Gasteiger partial charge in [-0.3, -0.25) is 4.57 Å². The summed E-state index contributed by atoms with van der Waals surface area (Å²) in [6, 6.07) is 0. The van der Waals surface area contributed by atoms with Gasteiger partial charge < -0.3 is 14.5 Å². The molecule has 0 saturated heterocycles. The molecule has 0 amide bonds. The molecule has 0 radical (unpaired) electrons. The molecule has 1 N–H and O–H groups in total. The third kappa shape index (κ3) is 4.30. The van der Waals surface area contributed by atoms with Crippen molar-refractivity contribution >= 4 is 13.8 Å². The Hall–Kier alpha value is -0.180. The molecule has 0 unspecified atom stereocenters. The van der Waals surface area contributed by atoms with Crippen LogP contribution < -0.4 is 0 Å². The van der Waals surface area contributed by atoms with Crippen molar-refractivity contribution in [2.24, 2.45) is 0 Å². The highest BCUT2D eigenvalue weighted by Gasteiger charge is 2.20. The monoisotopic (exact) mass is 179 g/mol. The molecule has 0 aromatic carbocycles. The first-order valence-corrected chi connectivity index (χ1v) is 5.28. The molecule has 4 nitrogen and oxygen atoms in total. The van der Waals surface area contributed by atoms with Gasteiger partial charge in [-0.1, -0.05) is 0 Å². The minimum Gasteiger partial charge on any atom is -0.312 e. The Morgan fingerprint density at radius 1 is 1.36 bits per heavy atom. The van der Waals surface area contributed by atoms with E-state index >= 15 is 0 Å². The Bertz CT molecular complexity index is 150. The summed E-state index contributed by atoms with van der Waals surface area (Å²) >= 11 is 0. The standard InChI is InChI=1S/C6H14NO3P/c1-3-9-11(8,6-5-7)10-4-2/h5,7H,3-4,6H2,1-2H3. The fraction of sp³-hybridized carbons (Fsp3) is 0.833. The number of hydrogen-bond acceptors (Lipinski definition) is 4. The van der Waals surface area contributed by atoms with Crippen LogP contribution in [0.15, 0.2) is 0 Å². The summed E-state index contributed by atoms with van der Waals surface area (Å²) in [6.07, 6.45) is 1.11. The topological polar surface area (TPSA) is 59.4 Å². The van der Waals surface area contributed by atoms with Gasteiger partial charge in [0.15, 0.2) is 0 Å². The molecule has 0 aliphatic heterocycles. The maximum absolute atomic E-state index is 11.4. The molecule has 0 rings (SSSR count). The SMILES string of the molecule is CCOP(=O)(CC=N)OCC. The Labute approximate surface area is 66.9 Å². The van der Waals surface area contributed by atoms with E-state index in [0.717, 1.165) is 6.21 Å². The van der Waals surface area contributed by atoms with Gasteiger partial charge >= 0.3 is 7.60 Å². The maximum atomic E-state index is 11.4. The smallest absolute Gasteiger partial charge is 0.312 e. The van der Waals surface area contributed by atoms with Crippen LogP contribution in [0.5, 0.6) is 0 Å². The maximum Gasteiger partial charge on any atom is 0.335 e. The van der Waals surface area contributed by atoms with Crippen LogP contribution in [0, 0.1) is 5.41 Å². The lowest BCUT2D eigenvalue weighted by Crippen LogP contribution is -2.00. The minimum absolute atomic E-state index is 0.0642. The van der Waals surface area contributed by atoms with Crippen LogP contribution in [0.4, 0.5) is 0 Å². The van der Waals surface area contributed by atoms with Crippen molar-refractivity contribution in [2.75, 3.05) is 19.4 Å². The highest BCUT2D eigenvalue weighted by atomic mass is 31.2. The molecule has 0 saturated carbocycles. The van der Waals surface area contributed by atoms with Crippen molar-refractivity contribution in [3.05, 3.63) is 0 Å². The van der Waals surface area contributed by atoms with Crippen LogP contribution in [0.25, 0.3) is 0 Å². The van der Waals surface area contributed by atoms with E-state index in [1.807, 2.05) is 0 Å². The van der Waals surface area contributed by atoms with Crippen LogP contribution in [0.3, 0.4) is 0 Å². The van der Waals surface area contributed by atoms with Crippen molar-refractivity contribution in [2.45, 2.75) is 13.8 Å². The van der Waals surface area contributed by atoms with Crippen LogP contribution in [-0.2, 0) is 13.6 Å². The highest BCUT2D eigenvalue weighted by molar-refractivity contribution is 7.54. The average molecular weight is 179 g/mol. The molecule has 0 bridgehead atoms. The normalized spacial score (nSPS) is 11.5. The summed E-state index contributed by atoms with van der Waals surface area (Å²) in [5.74, 6) is 0. The van der Waals surface area contributed by atoms with Gasteiger partial charge in [0.2, 0.25) is 0 Å². The van der Waals surface area contributed by atoms with Crippen LogP contribution in [0.2, 0.25) is 0 Å². The lowest BCUT2D eigenvalue weighted by atomic mass is 10.9. The van der Waals surface area contributed by atoms with Crippen molar-refractivity contribution in [1.29, 1.82) is 5.41 Å². The fourth-order valence-corrected chi connectivity index (χ4v) is 1.94. The molecular weight excluding hydrogens is 165 g/mol. The summed E-state index contributed by atoms with van der Waals surface area (Å²) in [4.78, 5) is 0. The van der Waals surface area contributed by atoms with E-state index in [0.29, 0.717) is 13.2 Å². The Kier molecular flexibility index (Phi) is 5.38. The molecule has 0 spiro atoms. The zero-order valence-corrected chi connectivity index (χ0v) is 7.77. The van der Waals surface area contributed by atoms with Crippen molar-refractivity contribution in [3.8, 4) is 0 Å². The Morgan fingerprint density at radius 2 is 1.82 bits per heavy atom. The van der Waals surface area contributed by atoms with Gasteiger partial charge in [-0.2, -0.15) is 0 Å². The molecule has 0 aromatic rings. The molecule has 0 heterocycles. The summed E-state index contributed by atoms with van der Waals surface area (Å²) in [6.45, 7) is 4.20. The van der Waals surface area contributed by atoms with Gasteiger partial charge in [0, 0.05) is 6.21 Å². The van der Waals surface area contributed by atoms with Crippen molar-refractivity contribution in [3.63, 3.8) is 0 Å². The van der Waals surface area contributed by atoms with Gasteiger partial charge in [0.1, 0.15) is 0 Å². The van der Waals surface area contributed by atoms with Gasteiger partial charge in [0.05, 0.1) is 19.4 Å². The molecule has 0 aromatic heterocycles. The lowest BCUT2D eigenvalue weighted by Gasteiger charge is -2.13. The zero-order valence-electron chi connectivity index (χ0n) is 6.87. The first-order chi connectivity index (χ1) is 5.18. The minimum atomic E-state index is -2.96. The van der Waals surface area contributed by atoms with Crippen LogP contribution >= 0.6 is 7.60 Å². The zero-order chi connectivity index (χ0) is 8.74. The number of rotatable bonds is 6.